The summed E-state index contributed by atoms with van der Waals surface area (Å²) < 4.78 is 12.9. The van der Waals surface area contributed by atoms with Gasteiger partial charge in [-0.1, -0.05) is 0 Å². The molecule has 0 amide bonds. The fourth-order valence-electron chi connectivity index (χ4n) is 1.77. The highest BCUT2D eigenvalue weighted by Gasteiger charge is 2.16. The maximum atomic E-state index is 12.9. The van der Waals surface area contributed by atoms with Crippen molar-refractivity contribution in [1.29, 1.82) is 0 Å². The number of halogens is 1. The standard InChI is InChI=1S/C9H12FN3/c1-11-8-6-4-2-3-5-7(6)12-9(10)13-8/h2-5H2,1H3,(H,11,12,13). The number of fused-ring (bicyclic) bond motifs is 1. The quantitative estimate of drug-likeness (QED) is 0.668. The number of nitrogens with one attached hydrogen (secondary N) is 1. The molecule has 0 unspecified atom stereocenters. The Kier molecular flexibility index (Phi) is 2.12. The summed E-state index contributed by atoms with van der Waals surface area (Å²) in [7, 11) is 1.76. The van der Waals surface area contributed by atoms with Crippen LogP contribution in [0, 0.1) is 6.08 Å². The Morgan fingerprint density at radius 1 is 1.23 bits per heavy atom. The van der Waals surface area contributed by atoms with Crippen LogP contribution in [0.1, 0.15) is 24.1 Å². The van der Waals surface area contributed by atoms with Crippen LogP contribution in [-0.4, -0.2) is 17.0 Å². The molecule has 3 nitrogen and oxygen atoms in total. The van der Waals surface area contributed by atoms with Crippen molar-refractivity contribution >= 4 is 5.82 Å². The molecule has 13 heavy (non-hydrogen) atoms. The van der Waals surface area contributed by atoms with Gasteiger partial charge in [-0.3, -0.25) is 0 Å². The van der Waals surface area contributed by atoms with Gasteiger partial charge < -0.3 is 5.32 Å². The van der Waals surface area contributed by atoms with E-state index in [0.29, 0.717) is 5.82 Å². The Bertz CT molecular complexity index is 308. The molecule has 1 aliphatic carbocycles. The topological polar surface area (TPSA) is 37.8 Å². The summed E-state index contributed by atoms with van der Waals surface area (Å²) in [5, 5.41) is 2.90. The average molecular weight is 181 g/mol. The van der Waals surface area contributed by atoms with Crippen molar-refractivity contribution < 1.29 is 4.39 Å². The van der Waals surface area contributed by atoms with Crippen molar-refractivity contribution in [3.63, 3.8) is 0 Å². The second-order valence-electron chi connectivity index (χ2n) is 3.22. The van der Waals surface area contributed by atoms with Gasteiger partial charge in [0.05, 0.1) is 5.69 Å². The third kappa shape index (κ3) is 1.48. The molecule has 0 spiro atoms. The Labute approximate surface area is 76.4 Å². The van der Waals surface area contributed by atoms with E-state index in [1.165, 1.54) is 0 Å². The minimum atomic E-state index is -0.620. The first-order chi connectivity index (χ1) is 6.31. The summed E-state index contributed by atoms with van der Waals surface area (Å²) in [6.07, 6.45) is 3.48. The first-order valence-corrected chi connectivity index (χ1v) is 4.54. The number of aromatic nitrogens is 2. The van der Waals surface area contributed by atoms with Crippen molar-refractivity contribution in [3.8, 4) is 0 Å². The predicted molar refractivity (Wildman–Crippen MR) is 48.2 cm³/mol. The van der Waals surface area contributed by atoms with Crippen molar-refractivity contribution in [1.82, 2.24) is 9.97 Å². The van der Waals surface area contributed by atoms with Gasteiger partial charge in [0.15, 0.2) is 0 Å². The molecule has 1 heterocycles. The van der Waals surface area contributed by atoms with E-state index < -0.39 is 6.08 Å². The van der Waals surface area contributed by atoms with Crippen LogP contribution in [0.25, 0.3) is 0 Å². The highest BCUT2D eigenvalue weighted by Crippen LogP contribution is 2.24. The minimum absolute atomic E-state index is 0.620. The number of anilines is 1. The summed E-state index contributed by atoms with van der Waals surface area (Å²) in [6, 6.07) is 0. The highest BCUT2D eigenvalue weighted by molar-refractivity contribution is 5.46. The monoisotopic (exact) mass is 181 g/mol. The van der Waals surface area contributed by atoms with Gasteiger partial charge in [0, 0.05) is 12.6 Å². The summed E-state index contributed by atoms with van der Waals surface area (Å²) >= 11 is 0. The van der Waals surface area contributed by atoms with Crippen LogP contribution in [0.4, 0.5) is 10.2 Å². The molecule has 1 aromatic heterocycles. The van der Waals surface area contributed by atoms with E-state index >= 15 is 0 Å². The summed E-state index contributed by atoms with van der Waals surface area (Å²) in [6.45, 7) is 0. The fraction of sp³-hybridized carbons (Fsp3) is 0.556. The van der Waals surface area contributed by atoms with E-state index in [1.807, 2.05) is 0 Å². The Morgan fingerprint density at radius 3 is 2.77 bits per heavy atom. The molecule has 70 valence electrons. The van der Waals surface area contributed by atoms with Crippen LogP contribution < -0.4 is 5.32 Å². The Morgan fingerprint density at radius 2 is 2.00 bits per heavy atom. The molecule has 0 saturated carbocycles. The molecule has 1 aromatic rings. The smallest absolute Gasteiger partial charge is 0.310 e. The van der Waals surface area contributed by atoms with Gasteiger partial charge in [0.1, 0.15) is 5.82 Å². The lowest BCUT2D eigenvalue weighted by molar-refractivity contribution is 0.521. The zero-order chi connectivity index (χ0) is 9.26. The van der Waals surface area contributed by atoms with Gasteiger partial charge in [-0.05, 0) is 25.7 Å². The average Bonchev–Trinajstić information content (AvgIpc) is 2.16. The Balaban J connectivity index is 2.50. The lowest BCUT2D eigenvalue weighted by Gasteiger charge is -2.16. The van der Waals surface area contributed by atoms with E-state index in [4.69, 9.17) is 0 Å². The molecule has 1 N–H and O–H groups in total. The molecule has 0 radical (unpaired) electrons. The van der Waals surface area contributed by atoms with Gasteiger partial charge in [0.2, 0.25) is 0 Å². The number of rotatable bonds is 1. The number of hydrogen-bond donors (Lipinski definition) is 1. The van der Waals surface area contributed by atoms with Crippen LogP contribution >= 0.6 is 0 Å². The number of aryl methyl sites for hydroxylation is 1. The van der Waals surface area contributed by atoms with Crippen molar-refractivity contribution in [3.05, 3.63) is 17.3 Å². The molecule has 1 aliphatic rings. The van der Waals surface area contributed by atoms with Crippen LogP contribution in [0.15, 0.2) is 0 Å². The first-order valence-electron chi connectivity index (χ1n) is 4.54. The third-order valence-electron chi connectivity index (χ3n) is 2.39. The normalized spacial score (nSPS) is 15.2. The SMILES string of the molecule is CNc1nc(F)nc2c1CCCC2. The molecule has 0 fully saturated rings. The molecule has 0 atom stereocenters. The Hall–Kier alpha value is -1.19. The van der Waals surface area contributed by atoms with Gasteiger partial charge in [-0.25, -0.2) is 4.98 Å². The first kappa shape index (κ1) is 8.41. The number of nitrogens with zero attached hydrogens (tertiary/aromatic N) is 2. The zero-order valence-electron chi connectivity index (χ0n) is 7.60. The summed E-state index contributed by atoms with van der Waals surface area (Å²) in [5.41, 5.74) is 1.97. The van der Waals surface area contributed by atoms with Crippen LogP contribution in [-0.2, 0) is 12.8 Å². The van der Waals surface area contributed by atoms with Gasteiger partial charge >= 0.3 is 6.08 Å². The second kappa shape index (κ2) is 3.28. The largest absolute Gasteiger partial charge is 0.373 e. The van der Waals surface area contributed by atoms with Crippen molar-refractivity contribution in [2.75, 3.05) is 12.4 Å². The number of hydrogen-bond acceptors (Lipinski definition) is 3. The van der Waals surface area contributed by atoms with Gasteiger partial charge in [0.25, 0.3) is 0 Å². The van der Waals surface area contributed by atoms with Crippen LogP contribution in [0.2, 0.25) is 0 Å². The minimum Gasteiger partial charge on any atom is -0.373 e. The summed E-state index contributed by atoms with van der Waals surface area (Å²) in [4.78, 5) is 7.52. The van der Waals surface area contributed by atoms with Gasteiger partial charge in [-0.15, -0.1) is 0 Å². The molecule has 0 saturated heterocycles. The lowest BCUT2D eigenvalue weighted by atomic mass is 9.96. The third-order valence-corrected chi connectivity index (χ3v) is 2.39. The van der Waals surface area contributed by atoms with E-state index in [0.717, 1.165) is 36.9 Å². The van der Waals surface area contributed by atoms with Crippen LogP contribution in [0.5, 0.6) is 0 Å². The van der Waals surface area contributed by atoms with Crippen LogP contribution in [0.3, 0.4) is 0 Å². The fourth-order valence-corrected chi connectivity index (χ4v) is 1.77. The van der Waals surface area contributed by atoms with E-state index in [-0.39, 0.29) is 0 Å². The van der Waals surface area contributed by atoms with E-state index in [1.54, 1.807) is 7.05 Å². The second-order valence-corrected chi connectivity index (χ2v) is 3.22. The van der Waals surface area contributed by atoms with Gasteiger partial charge in [-0.2, -0.15) is 9.37 Å². The van der Waals surface area contributed by atoms with E-state index in [2.05, 4.69) is 15.3 Å². The highest BCUT2D eigenvalue weighted by atomic mass is 19.1. The molecule has 4 heteroatoms. The molecule has 0 bridgehead atoms. The predicted octanol–water partition coefficient (Wildman–Crippen LogP) is 1.54. The molecule has 2 rings (SSSR count). The molecule has 0 aromatic carbocycles. The lowest BCUT2D eigenvalue weighted by Crippen LogP contribution is -2.12. The van der Waals surface area contributed by atoms with E-state index in [9.17, 15) is 4.39 Å². The van der Waals surface area contributed by atoms with Crippen molar-refractivity contribution in [2.45, 2.75) is 25.7 Å². The summed E-state index contributed by atoms with van der Waals surface area (Å²) in [5.74, 6) is 0.655. The maximum absolute atomic E-state index is 12.9. The molecule has 0 aliphatic heterocycles. The molecular formula is C9H12FN3. The molecular weight excluding hydrogens is 169 g/mol. The van der Waals surface area contributed by atoms with Crippen molar-refractivity contribution in [2.24, 2.45) is 0 Å². The zero-order valence-corrected chi connectivity index (χ0v) is 7.60. The maximum Gasteiger partial charge on any atom is 0.310 e.